The fraction of sp³-hybridized carbons (Fsp3) is 0.643. The predicted octanol–water partition coefficient (Wildman–Crippen LogP) is 0.654. The average Bonchev–Trinajstić information content (AvgIpc) is 2.81. The van der Waals surface area contributed by atoms with Crippen molar-refractivity contribution in [2.45, 2.75) is 20.3 Å². The maximum atomic E-state index is 12.1. The summed E-state index contributed by atoms with van der Waals surface area (Å²) in [6.45, 7) is 5.91. The molecule has 1 aliphatic rings. The topological polar surface area (TPSA) is 67.2 Å². The van der Waals surface area contributed by atoms with Gasteiger partial charge in [0.25, 0.3) is 5.91 Å². The Labute approximate surface area is 119 Å². The van der Waals surface area contributed by atoms with Crippen molar-refractivity contribution in [3.63, 3.8) is 0 Å². The number of amides is 2. The molecule has 1 saturated heterocycles. The molecule has 6 heteroatoms. The molecule has 0 bridgehead atoms. The molecular formula is C14H22N4O2. The third kappa shape index (κ3) is 3.59. The first-order valence-corrected chi connectivity index (χ1v) is 7.01. The third-order valence-electron chi connectivity index (χ3n) is 3.57. The number of carbonyl (C=O) groups is 2. The molecule has 0 saturated carbocycles. The second-order valence-corrected chi connectivity index (χ2v) is 5.80. The van der Waals surface area contributed by atoms with E-state index in [4.69, 9.17) is 0 Å². The Morgan fingerprint density at radius 1 is 1.35 bits per heavy atom. The van der Waals surface area contributed by atoms with Crippen LogP contribution in [0.3, 0.4) is 0 Å². The van der Waals surface area contributed by atoms with E-state index in [0.717, 1.165) is 19.5 Å². The number of carbonyl (C=O) groups excluding carboxylic acids is 2. The van der Waals surface area contributed by atoms with Gasteiger partial charge in [-0.25, -0.2) is 0 Å². The Balaban J connectivity index is 1.84. The van der Waals surface area contributed by atoms with Gasteiger partial charge in [0.15, 0.2) is 0 Å². The van der Waals surface area contributed by atoms with Crippen LogP contribution in [0.2, 0.25) is 0 Å². The highest BCUT2D eigenvalue weighted by Gasteiger charge is 2.25. The molecule has 2 amide bonds. The molecule has 1 fully saturated rings. The minimum Gasteiger partial charge on any atom is -0.342 e. The first-order valence-electron chi connectivity index (χ1n) is 7.01. The van der Waals surface area contributed by atoms with Crippen molar-refractivity contribution in [3.05, 3.63) is 18.0 Å². The molecule has 2 rings (SSSR count). The Bertz CT molecular complexity index is 487. The Morgan fingerprint density at radius 3 is 2.55 bits per heavy atom. The lowest BCUT2D eigenvalue weighted by molar-refractivity contribution is -0.132. The van der Waals surface area contributed by atoms with E-state index in [-0.39, 0.29) is 18.4 Å². The van der Waals surface area contributed by atoms with Crippen molar-refractivity contribution in [2.24, 2.45) is 18.9 Å². The van der Waals surface area contributed by atoms with Crippen molar-refractivity contribution in [2.75, 3.05) is 19.6 Å². The van der Waals surface area contributed by atoms with E-state index in [0.29, 0.717) is 17.5 Å². The molecule has 1 aromatic rings. The van der Waals surface area contributed by atoms with Gasteiger partial charge in [-0.1, -0.05) is 13.8 Å². The number of nitrogens with zero attached hydrogens (tertiary/aromatic N) is 3. The highest BCUT2D eigenvalue weighted by molar-refractivity contribution is 5.94. The molecule has 2 heterocycles. The van der Waals surface area contributed by atoms with Gasteiger partial charge in [-0.15, -0.1) is 0 Å². The molecule has 2 atom stereocenters. The van der Waals surface area contributed by atoms with E-state index >= 15 is 0 Å². The third-order valence-corrected chi connectivity index (χ3v) is 3.57. The van der Waals surface area contributed by atoms with E-state index in [1.54, 1.807) is 24.0 Å². The highest BCUT2D eigenvalue weighted by Crippen LogP contribution is 2.20. The van der Waals surface area contributed by atoms with Crippen LogP contribution in [0.15, 0.2) is 12.3 Å². The number of hydrogen-bond donors (Lipinski definition) is 1. The largest absolute Gasteiger partial charge is 0.342 e. The molecule has 1 N–H and O–H groups in total. The van der Waals surface area contributed by atoms with Gasteiger partial charge in [0.2, 0.25) is 5.91 Å². The zero-order chi connectivity index (χ0) is 14.7. The zero-order valence-electron chi connectivity index (χ0n) is 12.3. The summed E-state index contributed by atoms with van der Waals surface area (Å²) in [6.07, 6.45) is 2.86. The molecule has 0 radical (unpaired) electrons. The normalized spacial score (nSPS) is 22.6. The molecule has 0 aliphatic carbocycles. The summed E-state index contributed by atoms with van der Waals surface area (Å²) < 4.78 is 1.56. The number of nitrogens with one attached hydrogen (secondary N) is 1. The van der Waals surface area contributed by atoms with Crippen LogP contribution in [0, 0.1) is 11.8 Å². The minimum atomic E-state index is -0.308. The molecule has 6 nitrogen and oxygen atoms in total. The summed E-state index contributed by atoms with van der Waals surface area (Å²) in [6, 6.07) is 1.63. The summed E-state index contributed by atoms with van der Waals surface area (Å²) in [4.78, 5) is 25.8. The number of rotatable bonds is 3. The summed E-state index contributed by atoms with van der Waals surface area (Å²) in [5.74, 6) is 0.716. The Morgan fingerprint density at radius 2 is 2.00 bits per heavy atom. The van der Waals surface area contributed by atoms with Gasteiger partial charge in [0.05, 0.1) is 6.54 Å². The molecule has 0 unspecified atom stereocenters. The van der Waals surface area contributed by atoms with Gasteiger partial charge in [-0.2, -0.15) is 5.10 Å². The Hall–Kier alpha value is -1.85. The van der Waals surface area contributed by atoms with Gasteiger partial charge in [0, 0.05) is 26.3 Å². The Kier molecular flexibility index (Phi) is 4.42. The van der Waals surface area contributed by atoms with Crippen molar-refractivity contribution >= 4 is 11.8 Å². The standard InChI is InChI=1S/C14H22N4O2/c1-10-6-11(2)9-18(8-10)13(19)7-15-14(20)12-4-5-17(3)16-12/h4-5,10-11H,6-9H2,1-3H3,(H,15,20)/t10-,11-/m1/s1. The summed E-state index contributed by atoms with van der Waals surface area (Å²) in [5.41, 5.74) is 0.334. The van der Waals surface area contributed by atoms with Gasteiger partial charge >= 0.3 is 0 Å². The van der Waals surface area contributed by atoms with E-state index in [1.807, 2.05) is 4.90 Å². The van der Waals surface area contributed by atoms with E-state index in [2.05, 4.69) is 24.3 Å². The van der Waals surface area contributed by atoms with Crippen molar-refractivity contribution < 1.29 is 9.59 Å². The van der Waals surface area contributed by atoms with Crippen LogP contribution in [0.5, 0.6) is 0 Å². The van der Waals surface area contributed by atoms with Crippen LogP contribution in [0.25, 0.3) is 0 Å². The first-order chi connectivity index (χ1) is 9.45. The minimum absolute atomic E-state index is 0.0207. The van der Waals surface area contributed by atoms with Gasteiger partial charge in [-0.05, 0) is 24.3 Å². The number of likely N-dealkylation sites (tertiary alicyclic amines) is 1. The fourth-order valence-corrected chi connectivity index (χ4v) is 2.76. The van der Waals surface area contributed by atoms with Gasteiger partial charge in [0.1, 0.15) is 5.69 Å². The first kappa shape index (κ1) is 14.6. The molecule has 20 heavy (non-hydrogen) atoms. The molecule has 0 aromatic carbocycles. The lowest BCUT2D eigenvalue weighted by Crippen LogP contribution is -2.46. The van der Waals surface area contributed by atoms with E-state index in [9.17, 15) is 9.59 Å². The summed E-state index contributed by atoms with van der Waals surface area (Å²) >= 11 is 0. The van der Waals surface area contributed by atoms with E-state index in [1.165, 1.54) is 0 Å². The highest BCUT2D eigenvalue weighted by atomic mass is 16.2. The molecule has 0 spiro atoms. The van der Waals surface area contributed by atoms with Crippen molar-refractivity contribution in [1.29, 1.82) is 0 Å². The molecule has 110 valence electrons. The fourth-order valence-electron chi connectivity index (χ4n) is 2.76. The van der Waals surface area contributed by atoms with Crippen LogP contribution in [0.1, 0.15) is 30.8 Å². The van der Waals surface area contributed by atoms with Gasteiger partial charge in [-0.3, -0.25) is 14.3 Å². The number of hydrogen-bond acceptors (Lipinski definition) is 3. The molecule has 1 aromatic heterocycles. The summed E-state index contributed by atoms with van der Waals surface area (Å²) in [7, 11) is 1.75. The lowest BCUT2D eigenvalue weighted by Gasteiger charge is -2.35. The van der Waals surface area contributed by atoms with E-state index < -0.39 is 0 Å². The van der Waals surface area contributed by atoms with Crippen LogP contribution in [0.4, 0.5) is 0 Å². The predicted molar refractivity (Wildman–Crippen MR) is 75.1 cm³/mol. The summed E-state index contributed by atoms with van der Waals surface area (Å²) in [5, 5.41) is 6.64. The van der Waals surface area contributed by atoms with Crippen LogP contribution in [-0.4, -0.2) is 46.1 Å². The van der Waals surface area contributed by atoms with Gasteiger partial charge < -0.3 is 10.2 Å². The lowest BCUT2D eigenvalue weighted by atomic mass is 9.92. The maximum absolute atomic E-state index is 12.1. The van der Waals surface area contributed by atoms with Crippen LogP contribution in [-0.2, 0) is 11.8 Å². The number of piperidine rings is 1. The monoisotopic (exact) mass is 278 g/mol. The van der Waals surface area contributed by atoms with Crippen molar-refractivity contribution in [1.82, 2.24) is 20.0 Å². The zero-order valence-corrected chi connectivity index (χ0v) is 12.3. The van der Waals surface area contributed by atoms with Crippen LogP contribution < -0.4 is 5.32 Å². The quantitative estimate of drug-likeness (QED) is 0.883. The average molecular weight is 278 g/mol. The molecular weight excluding hydrogens is 256 g/mol. The SMILES string of the molecule is C[C@@H]1C[C@@H](C)CN(C(=O)CNC(=O)c2ccn(C)n2)C1. The van der Waals surface area contributed by atoms with Crippen LogP contribution >= 0.6 is 0 Å². The maximum Gasteiger partial charge on any atom is 0.272 e. The second-order valence-electron chi connectivity index (χ2n) is 5.80. The number of aryl methyl sites for hydroxylation is 1. The van der Waals surface area contributed by atoms with Crippen molar-refractivity contribution in [3.8, 4) is 0 Å². The molecule has 1 aliphatic heterocycles. The second kappa shape index (κ2) is 6.07. The smallest absolute Gasteiger partial charge is 0.272 e. The number of aromatic nitrogens is 2.